The predicted octanol–water partition coefficient (Wildman–Crippen LogP) is 1.38. The van der Waals surface area contributed by atoms with E-state index in [4.69, 9.17) is 1.37 Å². The van der Waals surface area contributed by atoms with Crippen molar-refractivity contribution in [2.45, 2.75) is 32.7 Å². The zero-order valence-corrected chi connectivity index (χ0v) is 46.8. The van der Waals surface area contributed by atoms with Crippen LogP contribution in [-0.4, -0.2) is 25.5 Å². The Morgan fingerprint density at radius 1 is 0.885 bits per heavy atom. The SMILES string of the molecule is [3H][C@H](NC)C(=O)N[C@H](C(C)C)C(C[CH2-])C[CH2-].[W+2].[W].[W].[W].[W].[W].[W].[W].[W].[W].[W]. The van der Waals surface area contributed by atoms with Gasteiger partial charge in [-0.15, -0.1) is 0 Å². The van der Waals surface area contributed by atoms with Crippen LogP contribution in [-0.2, 0) is 237 Å². The third-order valence-corrected chi connectivity index (χ3v) is 2.55. The van der Waals surface area contributed by atoms with Gasteiger partial charge >= 0.3 is 21.1 Å². The maximum Gasteiger partial charge on any atom is 2.00 e. The number of amides is 1. The number of carbonyl (C=O) groups excluding carboxylic acids is 1. The molecule has 2 atom stereocenters. The first-order chi connectivity index (χ1) is 7.47. The molecule has 1 amide bonds. The molecule has 0 saturated carbocycles. The summed E-state index contributed by atoms with van der Waals surface area (Å²) in [5, 5.41) is 5.51. The van der Waals surface area contributed by atoms with Crippen LogP contribution >= 0.6 is 0 Å². The van der Waals surface area contributed by atoms with Gasteiger partial charge in [0.15, 0.2) is 0 Å². The summed E-state index contributed by atoms with van der Waals surface area (Å²) in [6.07, 6.45) is 1.49. The maximum atomic E-state index is 11.6. The van der Waals surface area contributed by atoms with Gasteiger partial charge in [-0.1, -0.05) is 19.8 Å². The maximum absolute atomic E-state index is 11.6. The van der Waals surface area contributed by atoms with E-state index in [9.17, 15) is 4.79 Å². The van der Waals surface area contributed by atoms with Gasteiger partial charge in [0.2, 0.25) is 5.91 Å². The van der Waals surface area contributed by atoms with Crippen LogP contribution in [0.2, 0.25) is 0 Å². The average molecular weight is 2240 g/mol. The molecule has 0 aromatic rings. The summed E-state index contributed by atoms with van der Waals surface area (Å²) in [5.74, 6) is 0.308. The van der Waals surface area contributed by atoms with Gasteiger partial charge < -0.3 is 24.5 Å². The Balaban J connectivity index is -0.0000000205. The Morgan fingerprint density at radius 3 is 1.38 bits per heavy atom. The van der Waals surface area contributed by atoms with E-state index in [1.165, 1.54) is 0 Å². The molecule has 0 radical (unpaired) electrons. The van der Waals surface area contributed by atoms with Crippen LogP contribution in [0.25, 0.3) is 0 Å². The fourth-order valence-electron chi connectivity index (χ4n) is 1.67. The molecule has 3 nitrogen and oxygen atoms in total. The topological polar surface area (TPSA) is 41.1 Å². The van der Waals surface area contributed by atoms with Gasteiger partial charge in [-0.2, -0.15) is 12.8 Å². The molecule has 14 heteroatoms. The molecule has 0 unspecified atom stereocenters. The van der Waals surface area contributed by atoms with Crippen molar-refractivity contribution in [1.82, 2.24) is 10.6 Å². The van der Waals surface area contributed by atoms with Crippen molar-refractivity contribution in [1.29, 1.82) is 0 Å². The fourth-order valence-corrected chi connectivity index (χ4v) is 1.67. The van der Waals surface area contributed by atoms with E-state index in [1.54, 1.807) is 7.05 Å². The molecule has 2 N–H and O–H groups in total. The first kappa shape index (κ1) is 69.8. The Kier molecular flexibility index (Phi) is 143. The van der Waals surface area contributed by atoms with E-state index in [-0.39, 0.29) is 250 Å². The van der Waals surface area contributed by atoms with E-state index in [0.29, 0.717) is 5.92 Å². The van der Waals surface area contributed by atoms with Gasteiger partial charge in [0, 0.05) is 217 Å². The smallest absolute Gasteiger partial charge is 0.352 e. The summed E-state index contributed by atoms with van der Waals surface area (Å²) in [6, 6.07) is 0.0451. The summed E-state index contributed by atoms with van der Waals surface area (Å²) in [5.41, 5.74) is 0. The zero-order valence-electron chi connectivity index (χ0n) is 15.5. The second-order valence-electron chi connectivity index (χ2n) is 4.05. The summed E-state index contributed by atoms with van der Waals surface area (Å²) in [4.78, 5) is 11.6. The third-order valence-electron chi connectivity index (χ3n) is 2.55. The molecule has 0 spiro atoms. The molecule has 0 aromatic heterocycles. The third kappa shape index (κ3) is 41.3. The summed E-state index contributed by atoms with van der Waals surface area (Å²) >= 11 is 0. The Morgan fingerprint density at radius 2 is 1.19 bits per heavy atom. The number of hydrogen-bond acceptors (Lipinski definition) is 2. The first-order valence-electron chi connectivity index (χ1n) is 6.04. The molecule has 154 valence electrons. The number of carbonyl (C=O) groups is 1. The predicted molar refractivity (Wildman–Crippen MR) is 64.1 cm³/mol. The second kappa shape index (κ2) is 53.4. The van der Waals surface area contributed by atoms with Gasteiger partial charge in [0.25, 0.3) is 0 Å². The van der Waals surface area contributed by atoms with E-state index in [1.807, 2.05) is 0 Å². The second-order valence-corrected chi connectivity index (χ2v) is 4.05. The Hall–Kier alpha value is 7.00. The van der Waals surface area contributed by atoms with Crippen LogP contribution in [0, 0.1) is 25.7 Å². The van der Waals surface area contributed by atoms with Crippen LogP contribution in [0.4, 0.5) is 0 Å². The zero-order chi connectivity index (χ0) is 12.7. The number of nitrogens with one attached hydrogen (secondary N) is 2. The molecule has 0 saturated heterocycles. The van der Waals surface area contributed by atoms with Crippen LogP contribution in [0.1, 0.15) is 28.1 Å². The summed E-state index contributed by atoms with van der Waals surface area (Å²) in [7, 11) is 1.60. The number of rotatable bonds is 7. The summed E-state index contributed by atoms with van der Waals surface area (Å²) in [6.45, 7) is 11.0. The molecule has 0 aliphatic rings. The largest absolute Gasteiger partial charge is 2.00 e. The van der Waals surface area contributed by atoms with E-state index >= 15 is 0 Å². The van der Waals surface area contributed by atoms with Crippen LogP contribution in [0.3, 0.4) is 0 Å². The van der Waals surface area contributed by atoms with E-state index < -0.39 is 6.52 Å². The fraction of sp³-hybridized carbons (Fsp3) is 0.750. The number of hydrogen-bond donors (Lipinski definition) is 2. The minimum Gasteiger partial charge on any atom is -0.352 e. The molecule has 0 aliphatic carbocycles. The monoisotopic (exact) mass is 2240 g/mol. The van der Waals surface area contributed by atoms with Gasteiger partial charge in [-0.25, -0.2) is 0 Å². The molecular formula is C12H24N2OW11. The van der Waals surface area contributed by atoms with Crippen LogP contribution < -0.4 is 10.6 Å². The van der Waals surface area contributed by atoms with Crippen molar-refractivity contribution in [2.24, 2.45) is 11.8 Å². The van der Waals surface area contributed by atoms with Crippen molar-refractivity contribution in [3.05, 3.63) is 13.8 Å². The van der Waals surface area contributed by atoms with Gasteiger partial charge in [0.05, 0.1) is 7.89 Å². The molecule has 0 aliphatic heterocycles. The summed E-state index contributed by atoms with van der Waals surface area (Å²) < 4.78 is 7.46. The molecule has 0 aromatic carbocycles. The quantitative estimate of drug-likeness (QED) is 0.380. The molecule has 0 fully saturated rings. The molecule has 26 heavy (non-hydrogen) atoms. The molecule has 0 heterocycles. The molecule has 0 rings (SSSR count). The Bertz CT molecular complexity index is 232. The normalized spacial score (nSPS) is 9.42. The van der Waals surface area contributed by atoms with Crippen molar-refractivity contribution < 1.29 is 238 Å². The molecule has 0 bridgehead atoms. The van der Waals surface area contributed by atoms with Crippen molar-refractivity contribution in [3.63, 3.8) is 0 Å². The van der Waals surface area contributed by atoms with Crippen LogP contribution in [0.5, 0.6) is 0 Å². The molecular weight excluding hydrogens is 2210 g/mol. The van der Waals surface area contributed by atoms with E-state index in [0.717, 1.165) is 12.8 Å². The average Bonchev–Trinajstić information content (AvgIpc) is 2.27. The first-order valence-corrected chi connectivity index (χ1v) is 5.46. The standard InChI is InChI=1S/C12H24N2O.11W/c1-6-10(7-2)12(9(3)4)14-11(15)8-13-5;;;;;;;;;;;/h9-10,12-13H,1-2,6-8H2,3-5H3,(H,14,15);;;;;;;;;;;/q-2;;;;;;;;;;;+2/t12-;;;;;;;;;;;/m1.........../s1/i8T;;;;;;;;;;;/t8-,12+;;;;;;;;;;;/m0............ The minimum absolute atomic E-state index is 0. The Labute approximate surface area is 320 Å². The van der Waals surface area contributed by atoms with Gasteiger partial charge in [-0.05, 0) is 13.0 Å². The van der Waals surface area contributed by atoms with Crippen molar-refractivity contribution in [2.75, 3.05) is 13.6 Å². The van der Waals surface area contributed by atoms with E-state index in [2.05, 4.69) is 38.3 Å². The van der Waals surface area contributed by atoms with Gasteiger partial charge in [0.1, 0.15) is 0 Å². The minimum atomic E-state index is -0.906. The number of likely N-dealkylation sites (N-methyl/N-ethyl adjacent to an activating group) is 1. The van der Waals surface area contributed by atoms with Crippen LogP contribution in [0.15, 0.2) is 0 Å². The van der Waals surface area contributed by atoms with Crippen molar-refractivity contribution in [3.8, 4) is 0 Å². The van der Waals surface area contributed by atoms with Gasteiger partial charge in [-0.3, -0.25) is 4.79 Å². The van der Waals surface area contributed by atoms with Crippen molar-refractivity contribution >= 4 is 5.91 Å².